The van der Waals surface area contributed by atoms with Crippen LogP contribution in [0.4, 0.5) is 0 Å². The van der Waals surface area contributed by atoms with Gasteiger partial charge in [-0.05, 0) is 30.3 Å². The summed E-state index contributed by atoms with van der Waals surface area (Å²) in [5.41, 5.74) is 2.74. The molecule has 3 heterocycles. The molecule has 7 heteroatoms. The molecule has 1 aliphatic heterocycles. The maximum atomic E-state index is 10.2. The first kappa shape index (κ1) is 14.7. The number of halogens is 2. The van der Waals surface area contributed by atoms with Gasteiger partial charge in [0, 0.05) is 22.4 Å². The summed E-state index contributed by atoms with van der Waals surface area (Å²) in [6.07, 6.45) is 0. The van der Waals surface area contributed by atoms with Crippen molar-refractivity contribution in [2.45, 2.75) is 0 Å². The predicted octanol–water partition coefficient (Wildman–Crippen LogP) is 5.12. The lowest BCUT2D eigenvalue weighted by Gasteiger charge is -2.06. The number of H-pyrrole nitrogens is 1. The molecule has 0 aliphatic carbocycles. The van der Waals surface area contributed by atoms with E-state index in [1.54, 1.807) is 0 Å². The molecule has 0 saturated carbocycles. The Morgan fingerprint density at radius 1 is 1.00 bits per heavy atom. The van der Waals surface area contributed by atoms with Crippen molar-refractivity contribution in [3.63, 3.8) is 0 Å². The highest BCUT2D eigenvalue weighted by atomic mass is 35.5. The second kappa shape index (κ2) is 5.18. The number of nitrogens with zero attached hydrogens (tertiary/aromatic N) is 1. The molecular formula is C18H10Cl2N2O3. The number of ether oxygens (including phenoxy) is 2. The van der Waals surface area contributed by atoms with Crippen LogP contribution in [-0.4, -0.2) is 21.9 Å². The van der Waals surface area contributed by atoms with Crippen molar-refractivity contribution in [3.8, 4) is 28.6 Å². The minimum atomic E-state index is -0.0835. The number of phenolic OH excluding ortho intramolecular Hbond substituents is 1. The summed E-state index contributed by atoms with van der Waals surface area (Å²) in [5.74, 6) is 1.35. The Bertz CT molecular complexity index is 1130. The topological polar surface area (TPSA) is 67.4 Å². The van der Waals surface area contributed by atoms with E-state index >= 15 is 0 Å². The molecule has 0 amide bonds. The zero-order valence-electron chi connectivity index (χ0n) is 12.6. The van der Waals surface area contributed by atoms with E-state index in [4.69, 9.17) is 32.7 Å². The van der Waals surface area contributed by atoms with E-state index < -0.39 is 0 Å². The molecule has 1 aliphatic rings. The Labute approximate surface area is 151 Å². The predicted molar refractivity (Wildman–Crippen MR) is 96.8 cm³/mol. The molecule has 25 heavy (non-hydrogen) atoms. The van der Waals surface area contributed by atoms with Crippen LogP contribution >= 0.6 is 23.2 Å². The molecule has 4 aromatic rings. The number of aromatic nitrogens is 2. The first-order valence-corrected chi connectivity index (χ1v) is 8.26. The third kappa shape index (κ3) is 2.20. The normalized spacial score (nSPS) is 13.0. The average molecular weight is 373 g/mol. The van der Waals surface area contributed by atoms with Gasteiger partial charge in [0.25, 0.3) is 0 Å². The molecule has 0 bridgehead atoms. The van der Waals surface area contributed by atoms with Crippen LogP contribution in [0.3, 0.4) is 0 Å². The number of nitrogens with one attached hydrogen (secondary N) is 1. The molecule has 2 N–H and O–H groups in total. The lowest BCUT2D eigenvalue weighted by atomic mass is 10.1. The van der Waals surface area contributed by atoms with Gasteiger partial charge in [0.15, 0.2) is 17.2 Å². The molecule has 124 valence electrons. The fraction of sp³-hybridized carbons (Fsp3) is 0.0556. The zero-order chi connectivity index (χ0) is 17.1. The van der Waals surface area contributed by atoms with Gasteiger partial charge in [-0.25, -0.2) is 4.98 Å². The summed E-state index contributed by atoms with van der Waals surface area (Å²) in [7, 11) is 0. The van der Waals surface area contributed by atoms with Crippen LogP contribution in [0.2, 0.25) is 10.0 Å². The van der Waals surface area contributed by atoms with Gasteiger partial charge in [0.2, 0.25) is 6.79 Å². The SMILES string of the molecule is Oc1c(Cl)cc(Cl)c2ccc(-c3cc4cc5c(cc4[nH]3)OCO5)nc12. The lowest BCUT2D eigenvalue weighted by Crippen LogP contribution is -1.92. The molecule has 0 fully saturated rings. The van der Waals surface area contributed by atoms with Gasteiger partial charge in [-0.1, -0.05) is 23.2 Å². The summed E-state index contributed by atoms with van der Waals surface area (Å²) < 4.78 is 10.8. The van der Waals surface area contributed by atoms with E-state index in [0.717, 1.165) is 22.3 Å². The van der Waals surface area contributed by atoms with Crippen LogP contribution in [-0.2, 0) is 0 Å². The van der Waals surface area contributed by atoms with Gasteiger partial charge < -0.3 is 19.6 Å². The van der Waals surface area contributed by atoms with Gasteiger partial charge >= 0.3 is 0 Å². The standard InChI is InChI=1S/C18H10Cl2N2O3/c19-10-5-11(20)18(23)17-9(10)1-2-12(22-17)14-3-8-4-15-16(25-7-24-15)6-13(8)21-14/h1-6,21,23H,7H2. The number of aromatic hydroxyl groups is 1. The second-order valence-corrected chi connectivity index (χ2v) is 6.57. The highest BCUT2D eigenvalue weighted by Crippen LogP contribution is 2.39. The van der Waals surface area contributed by atoms with Crippen molar-refractivity contribution in [1.82, 2.24) is 9.97 Å². The third-order valence-corrected chi connectivity index (χ3v) is 4.85. The number of aromatic amines is 1. The van der Waals surface area contributed by atoms with Gasteiger partial charge in [-0.2, -0.15) is 0 Å². The number of phenols is 1. The van der Waals surface area contributed by atoms with E-state index in [0.29, 0.717) is 27.4 Å². The number of hydrogen-bond donors (Lipinski definition) is 2. The number of hydrogen-bond acceptors (Lipinski definition) is 4. The Balaban J connectivity index is 1.70. The zero-order valence-corrected chi connectivity index (χ0v) is 14.1. The monoisotopic (exact) mass is 372 g/mol. The first-order chi connectivity index (χ1) is 12.1. The smallest absolute Gasteiger partial charge is 0.231 e. The maximum Gasteiger partial charge on any atom is 0.231 e. The molecule has 0 saturated heterocycles. The summed E-state index contributed by atoms with van der Waals surface area (Å²) in [6.45, 7) is 0.238. The summed E-state index contributed by atoms with van der Waals surface area (Å²) >= 11 is 12.2. The summed E-state index contributed by atoms with van der Waals surface area (Å²) in [5, 5.41) is 12.4. The van der Waals surface area contributed by atoms with Crippen molar-refractivity contribution in [2.24, 2.45) is 0 Å². The molecule has 5 rings (SSSR count). The highest BCUT2D eigenvalue weighted by molar-refractivity contribution is 6.39. The Kier molecular flexibility index (Phi) is 3.04. The van der Waals surface area contributed by atoms with E-state index in [9.17, 15) is 5.11 Å². The van der Waals surface area contributed by atoms with E-state index in [1.165, 1.54) is 6.07 Å². The van der Waals surface area contributed by atoms with Crippen molar-refractivity contribution in [3.05, 3.63) is 46.4 Å². The lowest BCUT2D eigenvalue weighted by molar-refractivity contribution is 0.174. The van der Waals surface area contributed by atoms with Gasteiger partial charge in [-0.3, -0.25) is 0 Å². The van der Waals surface area contributed by atoms with Crippen LogP contribution in [0.1, 0.15) is 0 Å². The summed E-state index contributed by atoms with van der Waals surface area (Å²) in [4.78, 5) is 7.84. The fourth-order valence-corrected chi connectivity index (χ4v) is 3.53. The van der Waals surface area contributed by atoms with Crippen molar-refractivity contribution in [1.29, 1.82) is 0 Å². The van der Waals surface area contributed by atoms with Gasteiger partial charge in [0.05, 0.1) is 21.4 Å². The molecule has 0 spiro atoms. The minimum absolute atomic E-state index is 0.0835. The molecule has 2 aromatic carbocycles. The van der Waals surface area contributed by atoms with E-state index in [-0.39, 0.29) is 17.6 Å². The number of fused-ring (bicyclic) bond motifs is 3. The Morgan fingerprint density at radius 2 is 1.80 bits per heavy atom. The second-order valence-electron chi connectivity index (χ2n) is 5.76. The van der Waals surface area contributed by atoms with Crippen LogP contribution < -0.4 is 9.47 Å². The van der Waals surface area contributed by atoms with Crippen LogP contribution in [0.25, 0.3) is 33.2 Å². The van der Waals surface area contributed by atoms with Crippen LogP contribution in [0.5, 0.6) is 17.2 Å². The summed E-state index contributed by atoms with van der Waals surface area (Å²) in [6, 6.07) is 10.9. The number of benzene rings is 2. The van der Waals surface area contributed by atoms with Crippen molar-refractivity contribution < 1.29 is 14.6 Å². The van der Waals surface area contributed by atoms with Gasteiger partial charge in [0.1, 0.15) is 5.52 Å². The average Bonchev–Trinajstić information content (AvgIpc) is 3.22. The molecule has 0 atom stereocenters. The van der Waals surface area contributed by atoms with E-state index in [2.05, 4.69) is 9.97 Å². The molecule has 0 radical (unpaired) electrons. The first-order valence-electron chi connectivity index (χ1n) is 7.50. The van der Waals surface area contributed by atoms with Crippen molar-refractivity contribution in [2.75, 3.05) is 6.79 Å². The molecular weight excluding hydrogens is 363 g/mol. The molecule has 2 aromatic heterocycles. The van der Waals surface area contributed by atoms with Crippen molar-refractivity contribution >= 4 is 45.0 Å². The minimum Gasteiger partial charge on any atom is -0.504 e. The van der Waals surface area contributed by atoms with E-state index in [1.807, 2.05) is 30.3 Å². The number of rotatable bonds is 1. The quantitative estimate of drug-likeness (QED) is 0.486. The Morgan fingerprint density at radius 3 is 2.64 bits per heavy atom. The van der Waals surface area contributed by atoms with Crippen LogP contribution in [0, 0.1) is 0 Å². The Hall–Kier alpha value is -2.63. The van der Waals surface area contributed by atoms with Crippen LogP contribution in [0.15, 0.2) is 36.4 Å². The molecule has 5 nitrogen and oxygen atoms in total. The maximum absolute atomic E-state index is 10.2. The highest BCUT2D eigenvalue weighted by Gasteiger charge is 2.17. The number of pyridine rings is 1. The fourth-order valence-electron chi connectivity index (χ4n) is 3.01. The molecule has 0 unspecified atom stereocenters. The largest absolute Gasteiger partial charge is 0.504 e. The van der Waals surface area contributed by atoms with Gasteiger partial charge in [-0.15, -0.1) is 0 Å². The third-order valence-electron chi connectivity index (χ3n) is 4.25.